The van der Waals surface area contributed by atoms with E-state index in [9.17, 15) is 27.9 Å². The molecule has 0 bridgehead atoms. The van der Waals surface area contributed by atoms with Crippen LogP contribution in [0.5, 0.6) is 0 Å². The molecular formula is C24H30F3NO3. The van der Waals surface area contributed by atoms with Gasteiger partial charge in [-0.3, -0.25) is 9.59 Å². The fraction of sp³-hybridized carbons (Fsp3) is 0.500. The summed E-state index contributed by atoms with van der Waals surface area (Å²) in [4.78, 5) is 25.5. The van der Waals surface area contributed by atoms with Crippen LogP contribution in [0, 0.1) is 6.92 Å². The van der Waals surface area contributed by atoms with E-state index in [1.165, 1.54) is 0 Å². The molecule has 31 heavy (non-hydrogen) atoms. The number of carbonyl (C=O) groups excluding carboxylic acids is 1. The molecule has 0 aliphatic heterocycles. The maximum absolute atomic E-state index is 13.1. The lowest BCUT2D eigenvalue weighted by atomic mass is 9.77. The second-order valence-corrected chi connectivity index (χ2v) is 8.08. The largest absolute Gasteiger partial charge is 0.481 e. The van der Waals surface area contributed by atoms with E-state index < -0.39 is 28.9 Å². The summed E-state index contributed by atoms with van der Waals surface area (Å²) in [6.07, 6.45) is 0.135. The van der Waals surface area contributed by atoms with Gasteiger partial charge in [-0.1, -0.05) is 51.7 Å². The number of carboxylic acid groups (broad SMARTS) is 1. The molecule has 0 spiro atoms. The minimum atomic E-state index is -4.48. The molecule has 1 heterocycles. The molecule has 1 aromatic heterocycles. The third-order valence-corrected chi connectivity index (χ3v) is 6.07. The number of rotatable bonds is 10. The number of aliphatic carboxylic acids is 1. The lowest BCUT2D eigenvalue weighted by Crippen LogP contribution is -2.37. The lowest BCUT2D eigenvalue weighted by molar-refractivity contribution is -0.144. The molecule has 0 aliphatic rings. The second kappa shape index (κ2) is 9.71. The Bertz CT molecular complexity index is 929. The number of carbonyl (C=O) groups is 2. The molecule has 0 saturated carbocycles. The topological polar surface area (TPSA) is 59.3 Å². The zero-order chi connectivity index (χ0) is 23.4. The maximum Gasteiger partial charge on any atom is 0.416 e. The van der Waals surface area contributed by atoms with Crippen LogP contribution in [0.3, 0.4) is 0 Å². The van der Waals surface area contributed by atoms with Gasteiger partial charge in [-0.15, -0.1) is 0 Å². The summed E-state index contributed by atoms with van der Waals surface area (Å²) in [6, 6.07) is 5.81. The highest BCUT2D eigenvalue weighted by Gasteiger charge is 2.41. The predicted molar refractivity (Wildman–Crippen MR) is 113 cm³/mol. The highest BCUT2D eigenvalue weighted by Crippen LogP contribution is 2.37. The van der Waals surface area contributed by atoms with Crippen molar-refractivity contribution in [1.29, 1.82) is 0 Å². The fourth-order valence-electron chi connectivity index (χ4n) is 4.20. The van der Waals surface area contributed by atoms with E-state index in [4.69, 9.17) is 0 Å². The number of carboxylic acids is 1. The predicted octanol–water partition coefficient (Wildman–Crippen LogP) is 6.29. The van der Waals surface area contributed by atoms with Gasteiger partial charge in [0, 0.05) is 18.3 Å². The van der Waals surface area contributed by atoms with Gasteiger partial charge in [-0.2, -0.15) is 13.2 Å². The number of benzene rings is 1. The number of nitrogens with zero attached hydrogens (tertiary/aromatic N) is 1. The molecule has 0 radical (unpaired) electrons. The van der Waals surface area contributed by atoms with Crippen molar-refractivity contribution in [3.63, 3.8) is 0 Å². The number of hydrogen-bond acceptors (Lipinski definition) is 2. The molecule has 4 nitrogen and oxygen atoms in total. The molecule has 1 unspecified atom stereocenters. The number of aryl methyl sites for hydroxylation is 1. The average Bonchev–Trinajstić information content (AvgIpc) is 3.01. The van der Waals surface area contributed by atoms with E-state index in [-0.39, 0.29) is 5.56 Å². The van der Waals surface area contributed by atoms with Crippen molar-refractivity contribution in [3.8, 4) is 0 Å². The summed E-state index contributed by atoms with van der Waals surface area (Å²) in [6.45, 7) is 5.64. The van der Waals surface area contributed by atoms with Gasteiger partial charge in [-0.25, -0.2) is 0 Å². The molecular weight excluding hydrogens is 407 g/mol. The van der Waals surface area contributed by atoms with Gasteiger partial charge in [0.15, 0.2) is 0 Å². The van der Waals surface area contributed by atoms with Gasteiger partial charge in [0.2, 0.25) is 5.78 Å². The van der Waals surface area contributed by atoms with Gasteiger partial charge in [0.25, 0.3) is 0 Å². The Labute approximate surface area is 181 Å². The number of aromatic nitrogens is 1. The van der Waals surface area contributed by atoms with Crippen LogP contribution in [0.4, 0.5) is 13.2 Å². The first-order valence-corrected chi connectivity index (χ1v) is 10.6. The second-order valence-electron chi connectivity index (χ2n) is 8.08. The summed E-state index contributed by atoms with van der Waals surface area (Å²) >= 11 is 0. The van der Waals surface area contributed by atoms with Gasteiger partial charge >= 0.3 is 12.1 Å². The van der Waals surface area contributed by atoms with Crippen LogP contribution >= 0.6 is 0 Å². The SMILES string of the molecule is CCCCCCC(CC)(C(=O)O)c1cc(C)c(C(=O)c2ccc(C(F)(F)F)cc2)n1C. The lowest BCUT2D eigenvalue weighted by Gasteiger charge is -2.29. The molecule has 2 rings (SSSR count). The van der Waals surface area contributed by atoms with Crippen LogP contribution in [0.15, 0.2) is 30.3 Å². The third-order valence-electron chi connectivity index (χ3n) is 6.07. The number of hydrogen-bond donors (Lipinski definition) is 1. The van der Waals surface area contributed by atoms with Crippen LogP contribution in [-0.4, -0.2) is 21.4 Å². The fourth-order valence-corrected chi connectivity index (χ4v) is 4.20. The van der Waals surface area contributed by atoms with Crippen LogP contribution in [0.1, 0.15) is 85.2 Å². The Morgan fingerprint density at radius 1 is 1.03 bits per heavy atom. The highest BCUT2D eigenvalue weighted by molar-refractivity contribution is 6.09. The Morgan fingerprint density at radius 3 is 2.13 bits per heavy atom. The van der Waals surface area contributed by atoms with Gasteiger partial charge in [-0.05, 0) is 43.5 Å². The van der Waals surface area contributed by atoms with Crippen molar-refractivity contribution in [2.24, 2.45) is 7.05 Å². The van der Waals surface area contributed by atoms with Crippen molar-refractivity contribution in [2.75, 3.05) is 0 Å². The molecule has 7 heteroatoms. The van der Waals surface area contributed by atoms with E-state index >= 15 is 0 Å². The molecule has 170 valence electrons. The van der Waals surface area contributed by atoms with Crippen LogP contribution in [0.2, 0.25) is 0 Å². The number of alkyl halides is 3. The van der Waals surface area contributed by atoms with E-state index in [0.717, 1.165) is 49.9 Å². The third kappa shape index (κ3) is 5.02. The number of halogens is 3. The molecule has 1 N–H and O–H groups in total. The zero-order valence-electron chi connectivity index (χ0n) is 18.5. The van der Waals surface area contributed by atoms with Gasteiger partial charge in [0.05, 0.1) is 11.3 Å². The van der Waals surface area contributed by atoms with E-state index in [2.05, 4.69) is 6.92 Å². The van der Waals surface area contributed by atoms with Crippen LogP contribution in [-0.2, 0) is 23.4 Å². The molecule has 2 aromatic rings. The Morgan fingerprint density at radius 2 is 1.65 bits per heavy atom. The maximum atomic E-state index is 13.1. The quantitative estimate of drug-likeness (QED) is 0.351. The zero-order valence-corrected chi connectivity index (χ0v) is 18.5. The van der Waals surface area contributed by atoms with Crippen LogP contribution in [0.25, 0.3) is 0 Å². The minimum Gasteiger partial charge on any atom is -0.481 e. The molecule has 0 fully saturated rings. The van der Waals surface area contributed by atoms with Crippen molar-refractivity contribution in [3.05, 3.63) is 58.4 Å². The Hall–Kier alpha value is -2.57. The monoisotopic (exact) mass is 437 g/mol. The standard InChI is InChI=1S/C24H30F3NO3/c1-5-7-8-9-14-23(6-2,22(30)31)19-15-16(3)20(28(19)4)21(29)17-10-12-18(13-11-17)24(25,26)27/h10-13,15H,5-9,14H2,1-4H3,(H,30,31). The summed E-state index contributed by atoms with van der Waals surface area (Å²) < 4.78 is 40.1. The van der Waals surface area contributed by atoms with Crippen molar-refractivity contribution in [1.82, 2.24) is 4.57 Å². The normalized spacial score (nSPS) is 13.8. The molecule has 1 atom stereocenters. The van der Waals surface area contributed by atoms with Crippen molar-refractivity contribution in [2.45, 2.75) is 70.9 Å². The first-order chi connectivity index (χ1) is 14.5. The molecule has 0 saturated heterocycles. The Kier molecular flexibility index (Phi) is 7.73. The van der Waals surface area contributed by atoms with Gasteiger partial charge < -0.3 is 9.67 Å². The average molecular weight is 438 g/mol. The first kappa shape index (κ1) is 24.7. The molecule has 0 amide bonds. The molecule has 1 aromatic carbocycles. The summed E-state index contributed by atoms with van der Waals surface area (Å²) in [5.74, 6) is -1.36. The summed E-state index contributed by atoms with van der Waals surface area (Å²) in [5.41, 5.74) is -0.365. The van der Waals surface area contributed by atoms with E-state index in [1.54, 1.807) is 24.6 Å². The van der Waals surface area contributed by atoms with Crippen molar-refractivity contribution >= 4 is 11.8 Å². The van der Waals surface area contributed by atoms with Crippen molar-refractivity contribution < 1.29 is 27.9 Å². The van der Waals surface area contributed by atoms with Crippen LogP contribution < -0.4 is 0 Å². The number of unbranched alkanes of at least 4 members (excludes halogenated alkanes) is 3. The summed E-state index contributed by atoms with van der Waals surface area (Å²) in [5, 5.41) is 10.1. The van der Waals surface area contributed by atoms with E-state index in [1.807, 2.05) is 6.92 Å². The Balaban J connectivity index is 2.45. The first-order valence-electron chi connectivity index (χ1n) is 10.6. The van der Waals surface area contributed by atoms with E-state index in [0.29, 0.717) is 29.8 Å². The molecule has 0 aliphatic carbocycles. The minimum absolute atomic E-state index is 0.129. The summed E-state index contributed by atoms with van der Waals surface area (Å²) in [7, 11) is 1.65. The highest BCUT2D eigenvalue weighted by atomic mass is 19.4. The van der Waals surface area contributed by atoms with Gasteiger partial charge in [0.1, 0.15) is 5.41 Å². The smallest absolute Gasteiger partial charge is 0.416 e. The number of ketones is 1.